The summed E-state index contributed by atoms with van der Waals surface area (Å²) in [6.07, 6.45) is 1.18. The number of rotatable bonds is 6. The standard InChI is InChI=1S/C16H24BrN3O/c1-18-9-13-7-8-20(10-13)12-16(21)19(2)11-14-5-3-4-6-15(14)17/h3-6,13,18H,7-12H2,1-2H3. The van der Waals surface area contributed by atoms with Crippen LogP contribution >= 0.6 is 15.9 Å². The molecule has 5 heteroatoms. The van der Waals surface area contributed by atoms with Gasteiger partial charge in [-0.1, -0.05) is 34.1 Å². The zero-order valence-corrected chi connectivity index (χ0v) is 14.4. The Morgan fingerprint density at radius 2 is 2.24 bits per heavy atom. The second kappa shape index (κ2) is 7.92. The molecular weight excluding hydrogens is 330 g/mol. The second-order valence-electron chi connectivity index (χ2n) is 5.79. The van der Waals surface area contributed by atoms with E-state index in [9.17, 15) is 4.79 Å². The van der Waals surface area contributed by atoms with Crippen molar-refractivity contribution in [3.63, 3.8) is 0 Å². The number of halogens is 1. The van der Waals surface area contributed by atoms with Gasteiger partial charge in [0.05, 0.1) is 6.54 Å². The van der Waals surface area contributed by atoms with E-state index in [4.69, 9.17) is 0 Å². The summed E-state index contributed by atoms with van der Waals surface area (Å²) in [6, 6.07) is 8.05. The van der Waals surface area contributed by atoms with Gasteiger partial charge < -0.3 is 10.2 Å². The molecule has 0 saturated carbocycles. The lowest BCUT2D eigenvalue weighted by Crippen LogP contribution is -2.37. The number of hydrogen-bond acceptors (Lipinski definition) is 3. The fourth-order valence-electron chi connectivity index (χ4n) is 2.79. The van der Waals surface area contributed by atoms with Gasteiger partial charge in [0.25, 0.3) is 0 Å². The Kier molecular flexibility index (Phi) is 6.21. The lowest BCUT2D eigenvalue weighted by atomic mass is 10.1. The Morgan fingerprint density at radius 3 is 2.95 bits per heavy atom. The quantitative estimate of drug-likeness (QED) is 0.848. The molecule has 1 amide bonds. The summed E-state index contributed by atoms with van der Waals surface area (Å²) < 4.78 is 1.06. The van der Waals surface area contributed by atoms with Crippen molar-refractivity contribution in [2.75, 3.05) is 40.3 Å². The molecule has 1 N–H and O–H groups in total. The summed E-state index contributed by atoms with van der Waals surface area (Å²) in [5.74, 6) is 0.868. The van der Waals surface area contributed by atoms with Crippen LogP contribution in [0, 0.1) is 5.92 Å². The molecule has 2 rings (SSSR count). The molecule has 1 aliphatic rings. The average molecular weight is 354 g/mol. The number of carbonyl (C=O) groups excluding carboxylic acids is 1. The van der Waals surface area contributed by atoms with E-state index < -0.39 is 0 Å². The molecule has 0 aliphatic carbocycles. The minimum absolute atomic E-state index is 0.191. The zero-order chi connectivity index (χ0) is 15.2. The van der Waals surface area contributed by atoms with E-state index >= 15 is 0 Å². The van der Waals surface area contributed by atoms with E-state index in [1.54, 1.807) is 0 Å². The van der Waals surface area contributed by atoms with E-state index in [1.807, 2.05) is 43.3 Å². The number of amides is 1. The van der Waals surface area contributed by atoms with Crippen LogP contribution in [0.5, 0.6) is 0 Å². The van der Waals surface area contributed by atoms with Gasteiger partial charge in [-0.2, -0.15) is 0 Å². The van der Waals surface area contributed by atoms with Crippen LogP contribution in [-0.2, 0) is 11.3 Å². The van der Waals surface area contributed by atoms with Crippen LogP contribution in [0.4, 0.5) is 0 Å². The predicted molar refractivity (Wildman–Crippen MR) is 89.1 cm³/mol. The van der Waals surface area contributed by atoms with Crippen molar-refractivity contribution in [1.82, 2.24) is 15.1 Å². The van der Waals surface area contributed by atoms with Crippen LogP contribution in [0.3, 0.4) is 0 Å². The van der Waals surface area contributed by atoms with E-state index in [-0.39, 0.29) is 5.91 Å². The molecule has 1 heterocycles. The van der Waals surface area contributed by atoms with Crippen LogP contribution in [0.1, 0.15) is 12.0 Å². The van der Waals surface area contributed by atoms with Crippen molar-refractivity contribution in [3.05, 3.63) is 34.3 Å². The SMILES string of the molecule is CNCC1CCN(CC(=O)N(C)Cc2ccccc2Br)C1. The largest absolute Gasteiger partial charge is 0.340 e. The monoisotopic (exact) mass is 353 g/mol. The Hall–Kier alpha value is -0.910. The van der Waals surface area contributed by atoms with E-state index in [1.165, 1.54) is 6.42 Å². The first-order chi connectivity index (χ1) is 10.1. The Labute approximate surface area is 135 Å². The number of likely N-dealkylation sites (N-methyl/N-ethyl adjacent to an activating group) is 1. The minimum atomic E-state index is 0.191. The molecular formula is C16H24BrN3O. The first kappa shape index (κ1) is 16.5. The zero-order valence-electron chi connectivity index (χ0n) is 12.8. The molecule has 21 heavy (non-hydrogen) atoms. The number of benzene rings is 1. The van der Waals surface area contributed by atoms with Gasteiger partial charge in [0.2, 0.25) is 5.91 Å². The number of hydrogen-bond donors (Lipinski definition) is 1. The van der Waals surface area contributed by atoms with E-state index in [0.29, 0.717) is 19.0 Å². The summed E-state index contributed by atoms with van der Waals surface area (Å²) in [4.78, 5) is 16.4. The lowest BCUT2D eigenvalue weighted by molar-refractivity contribution is -0.131. The molecule has 0 aromatic heterocycles. The molecule has 1 aromatic carbocycles. The van der Waals surface area contributed by atoms with Gasteiger partial charge in [-0.05, 0) is 44.1 Å². The molecule has 0 bridgehead atoms. The fraction of sp³-hybridized carbons (Fsp3) is 0.562. The maximum absolute atomic E-state index is 12.3. The molecule has 116 valence electrons. The van der Waals surface area contributed by atoms with Crippen LogP contribution in [-0.4, -0.2) is 56.0 Å². The average Bonchev–Trinajstić information content (AvgIpc) is 2.89. The molecule has 1 atom stereocenters. The number of nitrogens with one attached hydrogen (secondary N) is 1. The molecule has 1 aliphatic heterocycles. The van der Waals surface area contributed by atoms with Gasteiger partial charge >= 0.3 is 0 Å². The van der Waals surface area contributed by atoms with Gasteiger partial charge in [0.15, 0.2) is 0 Å². The van der Waals surface area contributed by atoms with Crippen molar-refractivity contribution >= 4 is 21.8 Å². The highest BCUT2D eigenvalue weighted by atomic mass is 79.9. The normalized spacial score (nSPS) is 18.9. The van der Waals surface area contributed by atoms with E-state index in [2.05, 4.69) is 26.1 Å². The van der Waals surface area contributed by atoms with Gasteiger partial charge in [-0.15, -0.1) is 0 Å². The Morgan fingerprint density at radius 1 is 1.48 bits per heavy atom. The topological polar surface area (TPSA) is 35.6 Å². The van der Waals surface area contributed by atoms with Gasteiger partial charge in [0.1, 0.15) is 0 Å². The molecule has 1 unspecified atom stereocenters. The van der Waals surface area contributed by atoms with Crippen molar-refractivity contribution in [1.29, 1.82) is 0 Å². The highest BCUT2D eigenvalue weighted by Crippen LogP contribution is 2.18. The first-order valence-corrected chi connectivity index (χ1v) is 8.23. The summed E-state index contributed by atoms with van der Waals surface area (Å²) in [5.41, 5.74) is 1.14. The smallest absolute Gasteiger partial charge is 0.236 e. The third kappa shape index (κ3) is 4.80. The van der Waals surface area contributed by atoms with Crippen LogP contribution in [0.25, 0.3) is 0 Å². The van der Waals surface area contributed by atoms with Crippen LogP contribution < -0.4 is 5.32 Å². The number of carbonyl (C=O) groups is 1. The summed E-state index contributed by atoms with van der Waals surface area (Å²) >= 11 is 3.53. The Balaban J connectivity index is 1.82. The Bertz CT molecular complexity index is 480. The first-order valence-electron chi connectivity index (χ1n) is 7.44. The lowest BCUT2D eigenvalue weighted by Gasteiger charge is -2.22. The molecule has 1 saturated heterocycles. The molecule has 0 spiro atoms. The summed E-state index contributed by atoms with van der Waals surface area (Å²) in [5, 5.41) is 3.22. The van der Waals surface area contributed by atoms with Gasteiger partial charge in [0, 0.05) is 24.6 Å². The van der Waals surface area contributed by atoms with Crippen molar-refractivity contribution in [2.24, 2.45) is 5.92 Å². The third-order valence-electron chi connectivity index (χ3n) is 4.01. The second-order valence-corrected chi connectivity index (χ2v) is 6.64. The molecule has 1 aromatic rings. The molecule has 4 nitrogen and oxygen atoms in total. The number of nitrogens with zero attached hydrogens (tertiary/aromatic N) is 2. The third-order valence-corrected chi connectivity index (χ3v) is 4.79. The van der Waals surface area contributed by atoms with Crippen molar-refractivity contribution < 1.29 is 4.79 Å². The maximum Gasteiger partial charge on any atom is 0.236 e. The minimum Gasteiger partial charge on any atom is -0.340 e. The van der Waals surface area contributed by atoms with Crippen LogP contribution in [0.15, 0.2) is 28.7 Å². The molecule has 0 radical (unpaired) electrons. The maximum atomic E-state index is 12.3. The number of likely N-dealkylation sites (tertiary alicyclic amines) is 1. The van der Waals surface area contributed by atoms with Gasteiger partial charge in [-0.3, -0.25) is 9.69 Å². The highest BCUT2D eigenvalue weighted by Gasteiger charge is 2.24. The summed E-state index contributed by atoms with van der Waals surface area (Å²) in [6.45, 7) is 4.27. The fourth-order valence-corrected chi connectivity index (χ4v) is 3.20. The molecule has 1 fully saturated rings. The van der Waals surface area contributed by atoms with Gasteiger partial charge in [-0.25, -0.2) is 0 Å². The van der Waals surface area contributed by atoms with Crippen LogP contribution in [0.2, 0.25) is 0 Å². The summed E-state index contributed by atoms with van der Waals surface area (Å²) in [7, 11) is 3.86. The van der Waals surface area contributed by atoms with Crippen molar-refractivity contribution in [3.8, 4) is 0 Å². The van der Waals surface area contributed by atoms with E-state index in [0.717, 1.165) is 29.7 Å². The predicted octanol–water partition coefficient (Wildman–Crippen LogP) is 1.95. The highest BCUT2D eigenvalue weighted by molar-refractivity contribution is 9.10. The van der Waals surface area contributed by atoms with Crippen molar-refractivity contribution in [2.45, 2.75) is 13.0 Å².